The van der Waals surface area contributed by atoms with E-state index in [1.54, 1.807) is 0 Å². The van der Waals surface area contributed by atoms with Gasteiger partial charge in [0, 0.05) is 6.04 Å². The number of hydrogen-bond acceptors (Lipinski definition) is 4. The van der Waals surface area contributed by atoms with Gasteiger partial charge in [-0.1, -0.05) is 26.0 Å². The molecule has 1 fully saturated rings. The first-order valence-corrected chi connectivity index (χ1v) is 9.27. The van der Waals surface area contributed by atoms with Gasteiger partial charge < -0.3 is 15.5 Å². The number of nitrogens with zero attached hydrogens (tertiary/aromatic N) is 2. The Hall–Kier alpha value is -2.83. The van der Waals surface area contributed by atoms with E-state index in [1.165, 1.54) is 16.4 Å². The molecule has 1 heterocycles. The molecular formula is C20H25N3O4. The van der Waals surface area contributed by atoms with Gasteiger partial charge in [0.2, 0.25) is 0 Å². The summed E-state index contributed by atoms with van der Waals surface area (Å²) in [6, 6.07) is 7.70. The fourth-order valence-corrected chi connectivity index (χ4v) is 3.41. The summed E-state index contributed by atoms with van der Waals surface area (Å²) in [6.45, 7) is 4.22. The van der Waals surface area contributed by atoms with Gasteiger partial charge in [0.15, 0.2) is 11.4 Å². The largest absolute Gasteiger partial charge is 0.504 e. The smallest absolute Gasteiger partial charge is 0.306 e. The molecule has 0 atom stereocenters. The summed E-state index contributed by atoms with van der Waals surface area (Å²) < 4.78 is 1.48. The van der Waals surface area contributed by atoms with Crippen LogP contribution in [0, 0.1) is 5.92 Å². The number of carboxylic acid groups (broad SMARTS) is 1. The van der Waals surface area contributed by atoms with Crippen molar-refractivity contribution in [3.8, 4) is 11.4 Å². The number of aliphatic carboxylic acids is 1. The van der Waals surface area contributed by atoms with Gasteiger partial charge in [-0.15, -0.1) is 0 Å². The van der Waals surface area contributed by atoms with E-state index >= 15 is 0 Å². The minimum Gasteiger partial charge on any atom is -0.504 e. The zero-order valence-corrected chi connectivity index (χ0v) is 15.6. The van der Waals surface area contributed by atoms with Crippen molar-refractivity contribution in [3.63, 3.8) is 0 Å². The molecule has 0 bridgehead atoms. The fourth-order valence-electron chi connectivity index (χ4n) is 3.41. The number of amides is 1. The highest BCUT2D eigenvalue weighted by Crippen LogP contribution is 2.25. The third-order valence-corrected chi connectivity index (χ3v) is 5.15. The molecule has 0 spiro atoms. The summed E-state index contributed by atoms with van der Waals surface area (Å²) in [5.74, 6) is -1.31. The highest BCUT2D eigenvalue weighted by Gasteiger charge is 2.28. The predicted octanol–water partition coefficient (Wildman–Crippen LogP) is 3.07. The van der Waals surface area contributed by atoms with E-state index in [4.69, 9.17) is 5.11 Å². The minimum absolute atomic E-state index is 0.0247. The van der Waals surface area contributed by atoms with E-state index < -0.39 is 11.9 Å². The van der Waals surface area contributed by atoms with Crippen molar-refractivity contribution >= 4 is 11.9 Å². The lowest BCUT2D eigenvalue weighted by Gasteiger charge is -2.26. The monoisotopic (exact) mass is 371 g/mol. The maximum atomic E-state index is 12.5. The van der Waals surface area contributed by atoms with Crippen molar-refractivity contribution in [1.29, 1.82) is 0 Å². The highest BCUT2D eigenvalue weighted by atomic mass is 16.4. The molecule has 1 aliphatic rings. The maximum absolute atomic E-state index is 12.5. The topological polar surface area (TPSA) is 104 Å². The number of aromatic hydroxyl groups is 1. The average molecular weight is 371 g/mol. The number of rotatable bonds is 5. The lowest BCUT2D eigenvalue weighted by atomic mass is 9.86. The SMILES string of the molecule is CC(C)c1ccc(-n2cc(O)c(C(=O)NC3CCC(C(=O)O)CC3)n2)cc1. The Kier molecular flexibility index (Phi) is 5.48. The maximum Gasteiger partial charge on any atom is 0.306 e. The first-order chi connectivity index (χ1) is 12.8. The Morgan fingerprint density at radius 2 is 1.78 bits per heavy atom. The van der Waals surface area contributed by atoms with Gasteiger partial charge in [-0.3, -0.25) is 9.59 Å². The van der Waals surface area contributed by atoms with Crippen LogP contribution in [-0.2, 0) is 4.79 Å². The third-order valence-electron chi connectivity index (χ3n) is 5.15. The van der Waals surface area contributed by atoms with Crippen molar-refractivity contribution in [2.24, 2.45) is 5.92 Å². The van der Waals surface area contributed by atoms with Crippen molar-refractivity contribution in [3.05, 3.63) is 41.7 Å². The fraction of sp³-hybridized carbons (Fsp3) is 0.450. The zero-order valence-electron chi connectivity index (χ0n) is 15.6. The quantitative estimate of drug-likeness (QED) is 0.749. The van der Waals surface area contributed by atoms with Crippen LogP contribution in [0.15, 0.2) is 30.5 Å². The van der Waals surface area contributed by atoms with Crippen molar-refractivity contribution < 1.29 is 19.8 Å². The molecule has 3 N–H and O–H groups in total. The number of carbonyl (C=O) groups is 2. The number of carboxylic acids is 1. The number of carbonyl (C=O) groups excluding carboxylic acids is 1. The molecular weight excluding hydrogens is 346 g/mol. The predicted molar refractivity (Wildman–Crippen MR) is 100 cm³/mol. The average Bonchev–Trinajstić information content (AvgIpc) is 3.04. The van der Waals surface area contributed by atoms with Gasteiger partial charge in [0.1, 0.15) is 0 Å². The van der Waals surface area contributed by atoms with Gasteiger partial charge in [-0.25, -0.2) is 4.68 Å². The molecule has 144 valence electrons. The van der Waals surface area contributed by atoms with Gasteiger partial charge >= 0.3 is 5.97 Å². The summed E-state index contributed by atoms with van der Waals surface area (Å²) in [5, 5.41) is 26.3. The van der Waals surface area contributed by atoms with Gasteiger partial charge in [-0.05, 0) is 49.3 Å². The van der Waals surface area contributed by atoms with E-state index in [-0.39, 0.29) is 23.4 Å². The zero-order chi connectivity index (χ0) is 19.6. The van der Waals surface area contributed by atoms with Gasteiger partial charge in [0.05, 0.1) is 17.8 Å². The van der Waals surface area contributed by atoms with E-state index in [2.05, 4.69) is 24.3 Å². The third kappa shape index (κ3) is 4.30. The van der Waals surface area contributed by atoms with Crippen molar-refractivity contribution in [1.82, 2.24) is 15.1 Å². The van der Waals surface area contributed by atoms with E-state index in [0.717, 1.165) is 5.69 Å². The highest BCUT2D eigenvalue weighted by molar-refractivity contribution is 5.95. The Bertz CT molecular complexity index is 818. The molecule has 1 aromatic heterocycles. The van der Waals surface area contributed by atoms with E-state index in [1.807, 2.05) is 24.3 Å². The van der Waals surface area contributed by atoms with Crippen LogP contribution in [0.2, 0.25) is 0 Å². The normalized spacial score (nSPS) is 19.8. The second-order valence-electron chi connectivity index (χ2n) is 7.41. The molecule has 3 rings (SSSR count). The summed E-state index contributed by atoms with van der Waals surface area (Å²) in [6.07, 6.45) is 3.73. The first kappa shape index (κ1) is 18.9. The molecule has 1 aliphatic carbocycles. The van der Waals surface area contributed by atoms with Gasteiger partial charge in [-0.2, -0.15) is 5.10 Å². The summed E-state index contributed by atoms with van der Waals surface area (Å²) in [4.78, 5) is 23.5. The Morgan fingerprint density at radius 3 is 2.33 bits per heavy atom. The Morgan fingerprint density at radius 1 is 1.15 bits per heavy atom. The number of nitrogens with one attached hydrogen (secondary N) is 1. The molecule has 1 saturated carbocycles. The molecule has 1 aromatic carbocycles. The number of aromatic nitrogens is 2. The van der Waals surface area contributed by atoms with Crippen molar-refractivity contribution in [2.45, 2.75) is 51.5 Å². The van der Waals surface area contributed by atoms with Crippen LogP contribution in [-0.4, -0.2) is 37.9 Å². The van der Waals surface area contributed by atoms with Crippen molar-refractivity contribution in [2.75, 3.05) is 0 Å². The number of hydrogen-bond donors (Lipinski definition) is 3. The molecule has 7 nitrogen and oxygen atoms in total. The molecule has 0 unspecified atom stereocenters. The molecule has 7 heteroatoms. The van der Waals surface area contributed by atoms with E-state index in [0.29, 0.717) is 31.6 Å². The molecule has 0 radical (unpaired) electrons. The van der Waals surface area contributed by atoms with Crippen LogP contribution >= 0.6 is 0 Å². The van der Waals surface area contributed by atoms with Crippen LogP contribution in [0.4, 0.5) is 0 Å². The van der Waals surface area contributed by atoms with Crippen LogP contribution < -0.4 is 5.32 Å². The molecule has 1 amide bonds. The van der Waals surface area contributed by atoms with Crippen LogP contribution in [0.25, 0.3) is 5.69 Å². The Labute approximate surface area is 158 Å². The lowest BCUT2D eigenvalue weighted by Crippen LogP contribution is -2.39. The molecule has 2 aromatic rings. The standard InChI is InChI=1S/C20H25N3O4/c1-12(2)13-5-9-16(10-6-13)23-11-17(24)18(22-23)19(25)21-15-7-3-14(4-8-15)20(26)27/h5-6,9-12,14-15,24H,3-4,7-8H2,1-2H3,(H,21,25)(H,26,27). The lowest BCUT2D eigenvalue weighted by molar-refractivity contribution is -0.142. The number of benzene rings is 1. The second kappa shape index (κ2) is 7.82. The van der Waals surface area contributed by atoms with Crippen LogP contribution in [0.1, 0.15) is 61.5 Å². The molecule has 27 heavy (non-hydrogen) atoms. The summed E-state index contributed by atoms with van der Waals surface area (Å²) >= 11 is 0. The summed E-state index contributed by atoms with van der Waals surface area (Å²) in [7, 11) is 0. The minimum atomic E-state index is -0.778. The summed E-state index contributed by atoms with van der Waals surface area (Å²) in [5.41, 5.74) is 1.93. The first-order valence-electron chi connectivity index (χ1n) is 9.27. The molecule has 0 saturated heterocycles. The van der Waals surface area contributed by atoms with Crippen LogP contribution in [0.5, 0.6) is 5.75 Å². The molecule has 0 aliphatic heterocycles. The van der Waals surface area contributed by atoms with Crippen LogP contribution in [0.3, 0.4) is 0 Å². The van der Waals surface area contributed by atoms with E-state index in [9.17, 15) is 14.7 Å². The second-order valence-corrected chi connectivity index (χ2v) is 7.41. The van der Waals surface area contributed by atoms with Gasteiger partial charge in [0.25, 0.3) is 5.91 Å². The Balaban J connectivity index is 1.67.